The summed E-state index contributed by atoms with van der Waals surface area (Å²) in [6.07, 6.45) is 2.61. The zero-order valence-corrected chi connectivity index (χ0v) is 16.2. The zero-order chi connectivity index (χ0) is 18.6. The number of fused-ring (bicyclic) bond motifs is 1. The second-order valence-electron chi connectivity index (χ2n) is 7.30. The molecule has 6 nitrogen and oxygen atoms in total. The van der Waals surface area contributed by atoms with E-state index in [4.69, 9.17) is 10.5 Å². The molecule has 0 bridgehead atoms. The number of benzene rings is 1. The number of nitrogens with zero attached hydrogens (tertiary/aromatic N) is 2. The van der Waals surface area contributed by atoms with Crippen LogP contribution in [-0.2, 0) is 29.0 Å². The van der Waals surface area contributed by atoms with Gasteiger partial charge in [0.15, 0.2) is 5.13 Å². The van der Waals surface area contributed by atoms with Gasteiger partial charge in [0, 0.05) is 44.1 Å². The number of hydrogen-bond acceptors (Lipinski definition) is 6. The molecule has 1 atom stereocenters. The molecular formula is C20H26N4O2S. The van der Waals surface area contributed by atoms with Gasteiger partial charge in [-0.05, 0) is 24.3 Å². The lowest BCUT2D eigenvalue weighted by atomic mass is 9.92. The summed E-state index contributed by atoms with van der Waals surface area (Å²) >= 11 is 1.58. The summed E-state index contributed by atoms with van der Waals surface area (Å²) in [4.78, 5) is 20.8. The average Bonchev–Trinajstić information content (AvgIpc) is 3.10. The molecule has 2 aliphatic heterocycles. The van der Waals surface area contributed by atoms with Crippen molar-refractivity contribution in [1.82, 2.24) is 9.88 Å². The lowest BCUT2D eigenvalue weighted by Gasteiger charge is -2.26. The number of thiazole rings is 1. The van der Waals surface area contributed by atoms with Crippen LogP contribution in [0.3, 0.4) is 0 Å². The number of aromatic nitrogens is 1. The highest BCUT2D eigenvalue weighted by molar-refractivity contribution is 7.15. The van der Waals surface area contributed by atoms with Gasteiger partial charge in [-0.1, -0.05) is 30.3 Å². The van der Waals surface area contributed by atoms with Crippen molar-refractivity contribution >= 4 is 22.4 Å². The highest BCUT2D eigenvalue weighted by Gasteiger charge is 2.28. The Balaban J connectivity index is 1.36. The van der Waals surface area contributed by atoms with Gasteiger partial charge in [0.25, 0.3) is 0 Å². The van der Waals surface area contributed by atoms with Gasteiger partial charge in [0.1, 0.15) is 0 Å². The van der Waals surface area contributed by atoms with Crippen molar-refractivity contribution in [2.24, 2.45) is 11.7 Å². The number of nitrogens with two attached hydrogens (primary N) is 1. The van der Waals surface area contributed by atoms with E-state index in [-0.39, 0.29) is 11.8 Å². The van der Waals surface area contributed by atoms with E-state index in [1.165, 1.54) is 10.4 Å². The second-order valence-corrected chi connectivity index (χ2v) is 8.38. The number of carbonyl (C=O) groups is 1. The molecule has 144 valence electrons. The number of anilines is 1. The van der Waals surface area contributed by atoms with Crippen molar-refractivity contribution < 1.29 is 9.53 Å². The van der Waals surface area contributed by atoms with Crippen molar-refractivity contribution in [2.75, 3.05) is 25.1 Å². The minimum atomic E-state index is -0.496. The maximum Gasteiger partial charge on any atom is 0.243 e. The Morgan fingerprint density at radius 2 is 2.11 bits per heavy atom. The lowest BCUT2D eigenvalue weighted by molar-refractivity contribution is -0.119. The van der Waals surface area contributed by atoms with E-state index in [1.807, 2.05) is 6.07 Å². The van der Waals surface area contributed by atoms with Crippen LogP contribution in [-0.4, -0.2) is 41.6 Å². The first-order chi connectivity index (χ1) is 13.2. The van der Waals surface area contributed by atoms with Crippen molar-refractivity contribution in [1.29, 1.82) is 0 Å². The Hall–Kier alpha value is -1.80. The fourth-order valence-corrected chi connectivity index (χ4v) is 4.81. The fraction of sp³-hybridized carbons (Fsp3) is 0.500. The number of rotatable bonds is 5. The molecule has 1 unspecified atom stereocenters. The SMILES string of the molecule is NC(C(=O)Nc1nc2c(s1)CN(Cc1ccccc1)CC2)C1CCOCC1. The van der Waals surface area contributed by atoms with Gasteiger partial charge in [0.2, 0.25) is 5.91 Å². The van der Waals surface area contributed by atoms with Crippen LogP contribution in [0.4, 0.5) is 5.13 Å². The highest BCUT2D eigenvalue weighted by atomic mass is 32.1. The Morgan fingerprint density at radius 3 is 2.89 bits per heavy atom. The molecule has 0 radical (unpaired) electrons. The van der Waals surface area contributed by atoms with Gasteiger partial charge in [0.05, 0.1) is 11.7 Å². The third-order valence-electron chi connectivity index (χ3n) is 5.37. The first-order valence-electron chi connectivity index (χ1n) is 9.58. The van der Waals surface area contributed by atoms with Crippen molar-refractivity contribution in [2.45, 2.75) is 38.4 Å². The quantitative estimate of drug-likeness (QED) is 0.825. The van der Waals surface area contributed by atoms with Gasteiger partial charge in [-0.2, -0.15) is 0 Å². The van der Waals surface area contributed by atoms with Gasteiger partial charge < -0.3 is 15.8 Å². The molecule has 1 saturated heterocycles. The maximum absolute atomic E-state index is 12.5. The third-order valence-corrected chi connectivity index (χ3v) is 6.36. The Morgan fingerprint density at radius 1 is 1.33 bits per heavy atom. The number of carbonyl (C=O) groups excluding carboxylic acids is 1. The van der Waals surface area contributed by atoms with Gasteiger partial charge in [-0.25, -0.2) is 4.98 Å². The summed E-state index contributed by atoms with van der Waals surface area (Å²) in [6, 6.07) is 10.0. The molecular weight excluding hydrogens is 360 g/mol. The Bertz CT molecular complexity index is 774. The van der Waals surface area contributed by atoms with Crippen LogP contribution in [0.15, 0.2) is 30.3 Å². The smallest absolute Gasteiger partial charge is 0.243 e. The van der Waals surface area contributed by atoms with Gasteiger partial charge in [-0.15, -0.1) is 11.3 Å². The Labute approximate surface area is 163 Å². The number of nitrogens with one attached hydrogen (secondary N) is 1. The standard InChI is InChI=1S/C20H26N4O2S/c21-18(15-7-10-26-11-8-15)19(25)23-20-22-16-6-9-24(13-17(16)27-20)12-14-4-2-1-3-5-14/h1-5,15,18H,6-13,21H2,(H,22,23,25). The van der Waals surface area contributed by atoms with Crippen molar-refractivity contribution in [3.8, 4) is 0 Å². The molecule has 27 heavy (non-hydrogen) atoms. The molecule has 3 heterocycles. The largest absolute Gasteiger partial charge is 0.381 e. The molecule has 0 aliphatic carbocycles. The zero-order valence-electron chi connectivity index (χ0n) is 15.4. The van der Waals surface area contributed by atoms with E-state index in [0.29, 0.717) is 18.3 Å². The molecule has 2 aromatic rings. The molecule has 1 fully saturated rings. The van der Waals surface area contributed by atoms with Crippen LogP contribution in [0.25, 0.3) is 0 Å². The minimum Gasteiger partial charge on any atom is -0.381 e. The van der Waals surface area contributed by atoms with Crippen LogP contribution in [0.5, 0.6) is 0 Å². The van der Waals surface area contributed by atoms with Crippen LogP contribution >= 0.6 is 11.3 Å². The highest BCUT2D eigenvalue weighted by Crippen LogP contribution is 2.29. The minimum absolute atomic E-state index is 0.130. The van der Waals surface area contributed by atoms with E-state index < -0.39 is 6.04 Å². The topological polar surface area (TPSA) is 80.5 Å². The van der Waals surface area contributed by atoms with E-state index in [1.54, 1.807) is 11.3 Å². The predicted octanol–water partition coefficient (Wildman–Crippen LogP) is 2.39. The molecule has 0 saturated carbocycles. The van der Waals surface area contributed by atoms with E-state index >= 15 is 0 Å². The number of ether oxygens (including phenoxy) is 1. The summed E-state index contributed by atoms with van der Waals surface area (Å²) in [5, 5.41) is 3.62. The van der Waals surface area contributed by atoms with Crippen LogP contribution in [0.1, 0.15) is 29.0 Å². The van der Waals surface area contributed by atoms with E-state index in [2.05, 4.69) is 39.5 Å². The summed E-state index contributed by atoms with van der Waals surface area (Å²) < 4.78 is 5.35. The van der Waals surface area contributed by atoms with Crippen LogP contribution in [0, 0.1) is 5.92 Å². The Kier molecular flexibility index (Phi) is 5.83. The first-order valence-corrected chi connectivity index (χ1v) is 10.4. The molecule has 2 aliphatic rings. The third kappa shape index (κ3) is 4.55. The molecule has 1 amide bonds. The summed E-state index contributed by atoms with van der Waals surface area (Å²) in [6.45, 7) is 4.18. The molecule has 1 aromatic heterocycles. The molecule has 3 N–H and O–H groups in total. The van der Waals surface area contributed by atoms with E-state index in [0.717, 1.165) is 44.6 Å². The normalized spacial score (nSPS) is 19.4. The lowest BCUT2D eigenvalue weighted by Crippen LogP contribution is -2.44. The second kappa shape index (κ2) is 8.48. The van der Waals surface area contributed by atoms with Crippen LogP contribution < -0.4 is 11.1 Å². The fourth-order valence-electron chi connectivity index (χ4n) is 3.76. The average molecular weight is 387 g/mol. The summed E-state index contributed by atoms with van der Waals surface area (Å²) in [7, 11) is 0. The predicted molar refractivity (Wildman–Crippen MR) is 107 cm³/mol. The molecule has 4 rings (SSSR count). The number of amides is 1. The molecule has 7 heteroatoms. The van der Waals surface area contributed by atoms with Crippen molar-refractivity contribution in [3.63, 3.8) is 0 Å². The first kappa shape index (κ1) is 18.6. The van der Waals surface area contributed by atoms with E-state index in [9.17, 15) is 4.79 Å². The summed E-state index contributed by atoms with van der Waals surface area (Å²) in [5.41, 5.74) is 8.60. The summed E-state index contributed by atoms with van der Waals surface area (Å²) in [5.74, 6) is 0.0591. The van der Waals surface area contributed by atoms with Crippen molar-refractivity contribution in [3.05, 3.63) is 46.5 Å². The van der Waals surface area contributed by atoms with Gasteiger partial charge in [-0.3, -0.25) is 9.69 Å². The van der Waals surface area contributed by atoms with Gasteiger partial charge >= 0.3 is 0 Å². The number of hydrogen-bond donors (Lipinski definition) is 2. The molecule has 0 spiro atoms. The maximum atomic E-state index is 12.5. The monoisotopic (exact) mass is 386 g/mol. The van der Waals surface area contributed by atoms with Crippen LogP contribution in [0.2, 0.25) is 0 Å². The molecule has 1 aromatic carbocycles.